The van der Waals surface area contributed by atoms with Crippen LogP contribution in [0.3, 0.4) is 0 Å². The van der Waals surface area contributed by atoms with E-state index in [2.05, 4.69) is 57.5 Å². The molecule has 1 unspecified atom stereocenters. The van der Waals surface area contributed by atoms with Crippen LogP contribution in [0.25, 0.3) is 0 Å². The SMILES string of the molecule is C=CNCCN(C)CC1=CCC(I)N=C1. The highest BCUT2D eigenvalue weighted by Crippen LogP contribution is 2.14. The van der Waals surface area contributed by atoms with Crippen molar-refractivity contribution in [3.63, 3.8) is 0 Å². The molecule has 1 aliphatic rings. The molecule has 0 aromatic heterocycles. The Kier molecular flexibility index (Phi) is 5.93. The van der Waals surface area contributed by atoms with Crippen LogP contribution in [0.5, 0.6) is 0 Å². The van der Waals surface area contributed by atoms with E-state index in [1.807, 2.05) is 6.21 Å². The second-order valence-electron chi connectivity index (χ2n) is 3.62. The molecule has 0 fully saturated rings. The zero-order valence-corrected chi connectivity index (χ0v) is 11.3. The number of aliphatic imine (C=N–C) groups is 1. The van der Waals surface area contributed by atoms with E-state index in [9.17, 15) is 0 Å². The Morgan fingerprint density at radius 1 is 1.80 bits per heavy atom. The highest BCUT2D eigenvalue weighted by Gasteiger charge is 2.07. The Balaban J connectivity index is 2.23. The molecule has 1 heterocycles. The molecule has 0 bridgehead atoms. The molecule has 0 radical (unpaired) electrons. The van der Waals surface area contributed by atoms with Crippen LogP contribution in [0.4, 0.5) is 0 Å². The molecule has 1 N–H and O–H groups in total. The van der Waals surface area contributed by atoms with Crippen molar-refractivity contribution in [2.45, 2.75) is 10.5 Å². The highest BCUT2D eigenvalue weighted by molar-refractivity contribution is 14.1. The van der Waals surface area contributed by atoms with Gasteiger partial charge in [0.1, 0.15) is 4.05 Å². The summed E-state index contributed by atoms with van der Waals surface area (Å²) in [5, 5.41) is 3.09. The Morgan fingerprint density at radius 3 is 3.20 bits per heavy atom. The zero-order chi connectivity index (χ0) is 11.1. The summed E-state index contributed by atoms with van der Waals surface area (Å²) in [5.74, 6) is 0. The van der Waals surface area contributed by atoms with Gasteiger partial charge in [0.05, 0.1) is 0 Å². The van der Waals surface area contributed by atoms with Crippen molar-refractivity contribution < 1.29 is 0 Å². The molecule has 0 saturated heterocycles. The van der Waals surface area contributed by atoms with Gasteiger partial charge >= 0.3 is 0 Å². The van der Waals surface area contributed by atoms with Gasteiger partial charge in [-0.25, -0.2) is 0 Å². The monoisotopic (exact) mass is 319 g/mol. The second kappa shape index (κ2) is 7.00. The van der Waals surface area contributed by atoms with E-state index in [0.29, 0.717) is 4.05 Å². The summed E-state index contributed by atoms with van der Waals surface area (Å²) >= 11 is 2.35. The summed E-state index contributed by atoms with van der Waals surface area (Å²) in [7, 11) is 2.12. The number of alkyl halides is 1. The highest BCUT2D eigenvalue weighted by atomic mass is 127. The summed E-state index contributed by atoms with van der Waals surface area (Å²) in [6.07, 6.45) is 7.07. The average molecular weight is 319 g/mol. The van der Waals surface area contributed by atoms with Crippen LogP contribution in [0.15, 0.2) is 29.4 Å². The van der Waals surface area contributed by atoms with Crippen LogP contribution in [-0.4, -0.2) is 41.8 Å². The lowest BCUT2D eigenvalue weighted by molar-refractivity contribution is 0.369. The number of hydrogen-bond acceptors (Lipinski definition) is 3. The topological polar surface area (TPSA) is 27.6 Å². The lowest BCUT2D eigenvalue weighted by Crippen LogP contribution is -2.29. The molecule has 1 aliphatic heterocycles. The third-order valence-corrected chi connectivity index (χ3v) is 3.04. The van der Waals surface area contributed by atoms with E-state index < -0.39 is 0 Å². The fourth-order valence-electron chi connectivity index (χ4n) is 1.39. The minimum atomic E-state index is 0.430. The zero-order valence-electron chi connectivity index (χ0n) is 9.12. The largest absolute Gasteiger partial charge is 0.390 e. The molecule has 3 nitrogen and oxygen atoms in total. The van der Waals surface area contributed by atoms with Gasteiger partial charge in [-0.2, -0.15) is 0 Å². The molecular formula is C11H18IN3. The summed E-state index contributed by atoms with van der Waals surface area (Å²) in [5.41, 5.74) is 1.32. The molecule has 15 heavy (non-hydrogen) atoms. The quantitative estimate of drug-likeness (QED) is 0.350. The van der Waals surface area contributed by atoms with Gasteiger partial charge in [0, 0.05) is 25.8 Å². The number of nitrogens with one attached hydrogen (secondary N) is 1. The molecule has 4 heteroatoms. The van der Waals surface area contributed by atoms with Crippen molar-refractivity contribution >= 4 is 28.8 Å². The smallest absolute Gasteiger partial charge is 0.104 e. The van der Waals surface area contributed by atoms with Crippen molar-refractivity contribution in [2.75, 3.05) is 26.7 Å². The molecule has 0 aromatic carbocycles. The molecule has 1 atom stereocenters. The van der Waals surface area contributed by atoms with Gasteiger partial charge in [-0.1, -0.05) is 35.2 Å². The number of rotatable bonds is 6. The van der Waals surface area contributed by atoms with Crippen molar-refractivity contribution in [2.24, 2.45) is 4.99 Å². The lowest BCUT2D eigenvalue weighted by Gasteiger charge is -2.18. The number of nitrogens with zero attached hydrogens (tertiary/aromatic N) is 2. The third-order valence-electron chi connectivity index (χ3n) is 2.21. The first kappa shape index (κ1) is 12.7. The first-order chi connectivity index (χ1) is 7.22. The first-order valence-electron chi connectivity index (χ1n) is 5.11. The summed E-state index contributed by atoms with van der Waals surface area (Å²) in [6.45, 7) is 6.56. The number of halogens is 1. The predicted molar refractivity (Wildman–Crippen MR) is 74.7 cm³/mol. The van der Waals surface area contributed by atoms with E-state index in [4.69, 9.17) is 0 Å². The van der Waals surface area contributed by atoms with Crippen LogP contribution in [0.2, 0.25) is 0 Å². The van der Waals surface area contributed by atoms with Gasteiger partial charge in [-0.3, -0.25) is 4.99 Å². The number of likely N-dealkylation sites (N-methyl/N-ethyl adjacent to an activating group) is 1. The fourth-order valence-corrected chi connectivity index (χ4v) is 1.81. The molecule has 0 aliphatic carbocycles. The third kappa shape index (κ3) is 5.32. The average Bonchev–Trinajstić information content (AvgIpc) is 2.22. The van der Waals surface area contributed by atoms with Crippen LogP contribution in [-0.2, 0) is 0 Å². The maximum Gasteiger partial charge on any atom is 0.104 e. The Bertz CT molecular complexity index is 261. The van der Waals surface area contributed by atoms with E-state index in [-0.39, 0.29) is 0 Å². The summed E-state index contributed by atoms with van der Waals surface area (Å²) in [4.78, 5) is 6.68. The second-order valence-corrected chi connectivity index (χ2v) is 5.06. The maximum atomic E-state index is 4.40. The Hall–Kier alpha value is -0.360. The normalized spacial score (nSPS) is 20.2. The molecule has 0 spiro atoms. The van der Waals surface area contributed by atoms with E-state index in [1.165, 1.54) is 5.57 Å². The number of dihydropyridines is 1. The standard InChI is InChI=1S/C11H18IN3/c1-3-13-6-7-15(2)9-10-4-5-11(12)14-8-10/h3-4,8,11,13H,1,5-7,9H2,2H3. The lowest BCUT2D eigenvalue weighted by atomic mass is 10.2. The van der Waals surface area contributed by atoms with Crippen molar-refractivity contribution in [3.05, 3.63) is 24.4 Å². The Morgan fingerprint density at radius 2 is 2.60 bits per heavy atom. The van der Waals surface area contributed by atoms with Crippen LogP contribution in [0, 0.1) is 0 Å². The summed E-state index contributed by atoms with van der Waals surface area (Å²) < 4.78 is 0.430. The number of hydrogen-bond donors (Lipinski definition) is 1. The molecule has 1 rings (SSSR count). The van der Waals surface area contributed by atoms with E-state index in [1.54, 1.807) is 6.20 Å². The van der Waals surface area contributed by atoms with Gasteiger partial charge in [-0.15, -0.1) is 0 Å². The molecular weight excluding hydrogens is 301 g/mol. The maximum absolute atomic E-state index is 4.40. The van der Waals surface area contributed by atoms with E-state index >= 15 is 0 Å². The fraction of sp³-hybridized carbons (Fsp3) is 0.545. The molecule has 84 valence electrons. The van der Waals surface area contributed by atoms with Gasteiger partial charge in [0.15, 0.2) is 0 Å². The van der Waals surface area contributed by atoms with Crippen LogP contribution in [0.1, 0.15) is 6.42 Å². The summed E-state index contributed by atoms with van der Waals surface area (Å²) in [6, 6.07) is 0. The van der Waals surface area contributed by atoms with Crippen LogP contribution >= 0.6 is 22.6 Å². The van der Waals surface area contributed by atoms with E-state index in [0.717, 1.165) is 26.1 Å². The molecule has 0 amide bonds. The molecule has 0 aromatic rings. The van der Waals surface area contributed by atoms with Crippen LogP contribution < -0.4 is 5.32 Å². The molecule has 0 saturated carbocycles. The van der Waals surface area contributed by atoms with Crippen molar-refractivity contribution in [1.29, 1.82) is 0 Å². The van der Waals surface area contributed by atoms with Gasteiger partial charge in [0.25, 0.3) is 0 Å². The van der Waals surface area contributed by atoms with Gasteiger partial charge < -0.3 is 10.2 Å². The van der Waals surface area contributed by atoms with Crippen molar-refractivity contribution in [1.82, 2.24) is 10.2 Å². The minimum absolute atomic E-state index is 0.430. The Labute approximate surface area is 105 Å². The minimum Gasteiger partial charge on any atom is -0.390 e. The van der Waals surface area contributed by atoms with Gasteiger partial charge in [0.2, 0.25) is 0 Å². The predicted octanol–water partition coefficient (Wildman–Crippen LogP) is 1.81. The van der Waals surface area contributed by atoms with Crippen molar-refractivity contribution in [3.8, 4) is 0 Å². The first-order valence-corrected chi connectivity index (χ1v) is 6.36. The van der Waals surface area contributed by atoms with Gasteiger partial charge in [-0.05, 0) is 25.2 Å².